The third kappa shape index (κ3) is 4.43. The molecule has 0 radical (unpaired) electrons. The van der Waals surface area contributed by atoms with Crippen LogP contribution in [0.4, 0.5) is 0 Å². The van der Waals surface area contributed by atoms with Gasteiger partial charge in [0, 0.05) is 10.9 Å². The van der Waals surface area contributed by atoms with E-state index in [0.717, 1.165) is 33.3 Å². The molecule has 3 aromatic carbocycles. The molecule has 4 aromatic rings. The third-order valence-corrected chi connectivity index (χ3v) is 5.75. The maximum absolute atomic E-state index is 13.3. The number of ether oxygens (including phenoxy) is 1. The lowest BCUT2D eigenvalue weighted by Crippen LogP contribution is -2.12. The highest BCUT2D eigenvalue weighted by molar-refractivity contribution is 6.06. The fourth-order valence-corrected chi connectivity index (χ4v) is 3.91. The number of carbonyl (C=O) groups excluding carboxylic acids is 1. The second-order valence-corrected chi connectivity index (χ2v) is 9.56. The minimum atomic E-state index is -0.376. The van der Waals surface area contributed by atoms with Crippen molar-refractivity contribution in [2.45, 2.75) is 47.0 Å². The first-order valence-electron chi connectivity index (χ1n) is 10.9. The van der Waals surface area contributed by atoms with Gasteiger partial charge in [-0.1, -0.05) is 74.4 Å². The Morgan fingerprint density at radius 2 is 1.47 bits per heavy atom. The average Bonchev–Trinajstić information content (AvgIpc) is 2.73. The van der Waals surface area contributed by atoms with E-state index in [1.54, 1.807) is 0 Å². The number of nitrogens with zero attached hydrogens (tertiary/aromatic N) is 1. The quantitative estimate of drug-likeness (QED) is 0.255. The smallest absolute Gasteiger partial charge is 0.344 e. The molecule has 32 heavy (non-hydrogen) atoms. The summed E-state index contributed by atoms with van der Waals surface area (Å²) < 4.78 is 5.80. The van der Waals surface area contributed by atoms with Gasteiger partial charge in [0.2, 0.25) is 0 Å². The van der Waals surface area contributed by atoms with Gasteiger partial charge in [-0.15, -0.1) is 0 Å². The maximum atomic E-state index is 13.3. The molecule has 3 nitrogen and oxygen atoms in total. The molecule has 1 aromatic heterocycles. The summed E-state index contributed by atoms with van der Waals surface area (Å²) in [5.41, 5.74) is 7.63. The number of hydrogen-bond donors (Lipinski definition) is 0. The molecule has 0 aliphatic carbocycles. The summed E-state index contributed by atoms with van der Waals surface area (Å²) >= 11 is 0. The first kappa shape index (κ1) is 21.8. The molecule has 0 aliphatic rings. The van der Waals surface area contributed by atoms with Crippen molar-refractivity contribution < 1.29 is 9.53 Å². The molecule has 0 saturated heterocycles. The largest absolute Gasteiger partial charge is 0.423 e. The van der Waals surface area contributed by atoms with Gasteiger partial charge < -0.3 is 4.74 Å². The predicted octanol–water partition coefficient (Wildman–Crippen LogP) is 7.34. The van der Waals surface area contributed by atoms with E-state index in [4.69, 9.17) is 9.72 Å². The molecule has 0 N–H and O–H groups in total. The Hall–Kier alpha value is -3.46. The zero-order chi connectivity index (χ0) is 23.0. The highest BCUT2D eigenvalue weighted by Gasteiger charge is 2.19. The summed E-state index contributed by atoms with van der Waals surface area (Å²) in [6.07, 6.45) is 0. The van der Waals surface area contributed by atoms with Crippen LogP contribution in [-0.2, 0) is 5.41 Å². The Balaban J connectivity index is 1.79. The van der Waals surface area contributed by atoms with E-state index in [-0.39, 0.29) is 11.4 Å². The van der Waals surface area contributed by atoms with Crippen molar-refractivity contribution >= 4 is 16.9 Å². The lowest BCUT2D eigenvalue weighted by molar-refractivity contribution is 0.0737. The van der Waals surface area contributed by atoms with Crippen LogP contribution in [0.1, 0.15) is 53.4 Å². The second kappa shape index (κ2) is 8.23. The van der Waals surface area contributed by atoms with Gasteiger partial charge in [0.1, 0.15) is 5.75 Å². The van der Waals surface area contributed by atoms with Crippen molar-refractivity contribution in [1.29, 1.82) is 0 Å². The Morgan fingerprint density at radius 1 is 0.812 bits per heavy atom. The summed E-state index contributed by atoms with van der Waals surface area (Å²) in [4.78, 5) is 18.2. The first-order chi connectivity index (χ1) is 15.1. The molecule has 0 fully saturated rings. The first-order valence-corrected chi connectivity index (χ1v) is 10.9. The van der Waals surface area contributed by atoms with Crippen LogP contribution < -0.4 is 4.74 Å². The summed E-state index contributed by atoms with van der Waals surface area (Å²) in [5, 5.41) is 0.815. The Morgan fingerprint density at radius 3 is 2.09 bits per heavy atom. The molecule has 0 amide bonds. The molecule has 0 atom stereocenters. The SMILES string of the molecule is Cc1ccc(-c2cc(C(=O)Oc3ccc(C(C)(C)C)cc3)c3cc(C)cc(C)c3n2)cc1. The summed E-state index contributed by atoms with van der Waals surface area (Å²) in [6, 6.07) is 21.9. The molecule has 162 valence electrons. The van der Waals surface area contributed by atoms with Crippen LogP contribution in [0.25, 0.3) is 22.2 Å². The monoisotopic (exact) mass is 423 g/mol. The van der Waals surface area contributed by atoms with E-state index >= 15 is 0 Å². The lowest BCUT2D eigenvalue weighted by Gasteiger charge is -2.19. The minimum absolute atomic E-state index is 0.0435. The van der Waals surface area contributed by atoms with E-state index < -0.39 is 0 Å². The number of aromatic nitrogens is 1. The van der Waals surface area contributed by atoms with Crippen molar-refractivity contribution in [2.24, 2.45) is 0 Å². The summed E-state index contributed by atoms with van der Waals surface area (Å²) in [7, 11) is 0. The molecule has 0 unspecified atom stereocenters. The normalized spacial score (nSPS) is 11.6. The van der Waals surface area contributed by atoms with Crippen molar-refractivity contribution in [3.8, 4) is 17.0 Å². The number of fused-ring (bicyclic) bond motifs is 1. The molecule has 0 aliphatic heterocycles. The molecule has 0 saturated carbocycles. The van der Waals surface area contributed by atoms with E-state index in [2.05, 4.69) is 45.9 Å². The predicted molar refractivity (Wildman–Crippen MR) is 131 cm³/mol. The van der Waals surface area contributed by atoms with E-state index in [1.807, 2.05) is 62.4 Å². The van der Waals surface area contributed by atoms with Gasteiger partial charge in [-0.3, -0.25) is 0 Å². The van der Waals surface area contributed by atoms with Crippen LogP contribution in [0.3, 0.4) is 0 Å². The highest BCUT2D eigenvalue weighted by Crippen LogP contribution is 2.30. The standard InChI is InChI=1S/C29H29NO2/c1-18-7-9-21(10-8-18)26-17-25(24-16-19(2)15-20(3)27(24)30-26)28(31)32-23-13-11-22(12-14-23)29(4,5)6/h7-17H,1-6H3. The Labute approximate surface area is 190 Å². The molecular formula is C29H29NO2. The van der Waals surface area contributed by atoms with Gasteiger partial charge >= 0.3 is 5.97 Å². The molecule has 3 heteroatoms. The highest BCUT2D eigenvalue weighted by atomic mass is 16.5. The number of hydrogen-bond acceptors (Lipinski definition) is 3. The van der Waals surface area contributed by atoms with Gasteiger partial charge in [0.15, 0.2) is 0 Å². The van der Waals surface area contributed by atoms with Crippen molar-refractivity contribution in [3.05, 3.63) is 94.5 Å². The van der Waals surface area contributed by atoms with Crippen molar-refractivity contribution in [3.63, 3.8) is 0 Å². The number of carbonyl (C=O) groups is 1. The topological polar surface area (TPSA) is 39.2 Å². The number of rotatable bonds is 3. The second-order valence-electron chi connectivity index (χ2n) is 9.56. The molecular weight excluding hydrogens is 394 g/mol. The Bertz CT molecular complexity index is 1290. The van der Waals surface area contributed by atoms with Crippen LogP contribution >= 0.6 is 0 Å². The van der Waals surface area contributed by atoms with Crippen molar-refractivity contribution in [1.82, 2.24) is 4.98 Å². The fraction of sp³-hybridized carbons (Fsp3) is 0.241. The van der Waals surface area contributed by atoms with Crippen LogP contribution in [0.2, 0.25) is 0 Å². The van der Waals surface area contributed by atoms with Crippen LogP contribution in [0.15, 0.2) is 66.7 Å². The van der Waals surface area contributed by atoms with E-state index in [0.29, 0.717) is 11.3 Å². The molecule has 4 rings (SSSR count). The summed E-state index contributed by atoms with van der Waals surface area (Å²) in [6.45, 7) is 12.6. The zero-order valence-electron chi connectivity index (χ0n) is 19.6. The number of pyridine rings is 1. The van der Waals surface area contributed by atoms with Gasteiger partial charge in [0.25, 0.3) is 0 Å². The van der Waals surface area contributed by atoms with E-state index in [9.17, 15) is 4.79 Å². The lowest BCUT2D eigenvalue weighted by atomic mass is 9.87. The minimum Gasteiger partial charge on any atom is -0.423 e. The maximum Gasteiger partial charge on any atom is 0.344 e. The zero-order valence-corrected chi connectivity index (χ0v) is 19.6. The molecule has 0 spiro atoms. The van der Waals surface area contributed by atoms with Gasteiger partial charge in [-0.25, -0.2) is 9.78 Å². The van der Waals surface area contributed by atoms with Crippen LogP contribution in [0, 0.1) is 20.8 Å². The number of benzene rings is 3. The average molecular weight is 424 g/mol. The van der Waals surface area contributed by atoms with Gasteiger partial charge in [-0.05, 0) is 61.6 Å². The van der Waals surface area contributed by atoms with Crippen LogP contribution in [-0.4, -0.2) is 11.0 Å². The fourth-order valence-electron chi connectivity index (χ4n) is 3.91. The number of esters is 1. The third-order valence-electron chi connectivity index (χ3n) is 5.75. The van der Waals surface area contributed by atoms with Gasteiger partial charge in [0.05, 0.1) is 16.8 Å². The Kier molecular flexibility index (Phi) is 5.60. The van der Waals surface area contributed by atoms with Crippen LogP contribution in [0.5, 0.6) is 5.75 Å². The van der Waals surface area contributed by atoms with Crippen molar-refractivity contribution in [2.75, 3.05) is 0 Å². The molecule has 1 heterocycles. The van der Waals surface area contributed by atoms with E-state index in [1.165, 1.54) is 11.1 Å². The molecule has 0 bridgehead atoms. The van der Waals surface area contributed by atoms with Gasteiger partial charge in [-0.2, -0.15) is 0 Å². The summed E-state index contributed by atoms with van der Waals surface area (Å²) in [5.74, 6) is 0.161. The number of aryl methyl sites for hydroxylation is 3.